The van der Waals surface area contributed by atoms with Gasteiger partial charge in [0.2, 0.25) is 0 Å². The van der Waals surface area contributed by atoms with E-state index >= 15 is 0 Å². The summed E-state index contributed by atoms with van der Waals surface area (Å²) in [7, 11) is 2.67. The highest BCUT2D eigenvalue weighted by Gasteiger charge is 2.39. The molecule has 2 aromatic carbocycles. The monoisotopic (exact) mass is 418 g/mol. The highest BCUT2D eigenvalue weighted by atomic mass is 16.6. The molecule has 8 heteroatoms. The van der Waals surface area contributed by atoms with Crippen molar-refractivity contribution in [3.63, 3.8) is 0 Å². The fourth-order valence-corrected chi connectivity index (χ4v) is 2.97. The molecular weight excluding hydrogens is 392 g/mol. The molecule has 0 unspecified atom stereocenters. The van der Waals surface area contributed by atoms with Crippen molar-refractivity contribution in [1.82, 2.24) is 0 Å². The van der Waals surface area contributed by atoms with Gasteiger partial charge in [0.1, 0.15) is 12.2 Å². The summed E-state index contributed by atoms with van der Waals surface area (Å²) in [5, 5.41) is 19.6. The summed E-state index contributed by atoms with van der Waals surface area (Å²) in [6.07, 6.45) is -4.30. The Morgan fingerprint density at radius 3 is 1.30 bits per heavy atom. The van der Waals surface area contributed by atoms with Gasteiger partial charge in [-0.05, 0) is 24.3 Å². The van der Waals surface area contributed by atoms with Gasteiger partial charge in [0.05, 0.1) is 24.3 Å². The van der Waals surface area contributed by atoms with Crippen LogP contribution in [-0.4, -0.2) is 74.0 Å². The van der Waals surface area contributed by atoms with Crippen LogP contribution in [0.25, 0.3) is 0 Å². The van der Waals surface area contributed by atoms with Gasteiger partial charge in [0.15, 0.2) is 12.2 Å². The standard InChI is InChI=1S/C22H26O8/c1-27-19(17(13-23)29-21(25)15-9-5-3-6-10-15)20(28-2)18(14-24)30-22(26)16-11-7-4-8-12-16/h3-12,17-20,23-24H,13-14H2,1-2H3/t17-,18-,19-,20-/m1/s1. The number of hydrogen-bond donors (Lipinski definition) is 2. The quantitative estimate of drug-likeness (QED) is 0.528. The van der Waals surface area contributed by atoms with E-state index in [1.807, 2.05) is 0 Å². The van der Waals surface area contributed by atoms with Crippen LogP contribution >= 0.6 is 0 Å². The number of methoxy groups -OCH3 is 2. The summed E-state index contributed by atoms with van der Waals surface area (Å²) in [6.45, 7) is -1.14. The number of benzene rings is 2. The maximum Gasteiger partial charge on any atom is 0.338 e. The van der Waals surface area contributed by atoms with Crippen LogP contribution in [0, 0.1) is 0 Å². The van der Waals surface area contributed by atoms with Crippen LogP contribution < -0.4 is 0 Å². The van der Waals surface area contributed by atoms with E-state index < -0.39 is 49.6 Å². The Labute approximate surface area is 175 Å². The van der Waals surface area contributed by atoms with Crippen LogP contribution in [-0.2, 0) is 18.9 Å². The van der Waals surface area contributed by atoms with Crippen LogP contribution in [0.15, 0.2) is 60.7 Å². The second kappa shape index (κ2) is 12.0. The van der Waals surface area contributed by atoms with Crippen molar-refractivity contribution in [2.75, 3.05) is 27.4 Å². The Morgan fingerprint density at radius 2 is 1.03 bits per heavy atom. The van der Waals surface area contributed by atoms with Crippen molar-refractivity contribution in [2.45, 2.75) is 24.4 Å². The first-order valence-corrected chi connectivity index (χ1v) is 9.35. The Hall–Kier alpha value is -2.78. The van der Waals surface area contributed by atoms with Crippen LogP contribution in [0.2, 0.25) is 0 Å². The third-order valence-electron chi connectivity index (χ3n) is 4.50. The zero-order chi connectivity index (χ0) is 21.9. The highest BCUT2D eigenvalue weighted by molar-refractivity contribution is 5.90. The van der Waals surface area contributed by atoms with Crippen LogP contribution in [0.1, 0.15) is 20.7 Å². The lowest BCUT2D eigenvalue weighted by molar-refractivity contribution is -0.152. The molecule has 0 radical (unpaired) electrons. The zero-order valence-corrected chi connectivity index (χ0v) is 16.8. The molecule has 30 heavy (non-hydrogen) atoms. The Balaban J connectivity index is 2.16. The van der Waals surface area contributed by atoms with E-state index in [9.17, 15) is 19.8 Å². The average Bonchev–Trinajstić information content (AvgIpc) is 2.80. The molecule has 2 aromatic rings. The maximum absolute atomic E-state index is 12.4. The SMILES string of the molecule is CO[C@@H]([C@H](OC)[C@@H](CO)OC(=O)c1ccccc1)[C@@H](CO)OC(=O)c1ccccc1. The second-order valence-electron chi connectivity index (χ2n) is 6.39. The smallest absolute Gasteiger partial charge is 0.338 e. The van der Waals surface area contributed by atoms with E-state index in [-0.39, 0.29) is 0 Å². The van der Waals surface area contributed by atoms with E-state index in [2.05, 4.69) is 0 Å². The molecule has 0 amide bonds. The molecule has 0 aliphatic rings. The summed E-state index contributed by atoms with van der Waals surface area (Å²) in [5.41, 5.74) is 0.600. The largest absolute Gasteiger partial charge is 0.453 e. The van der Waals surface area contributed by atoms with Gasteiger partial charge in [-0.15, -0.1) is 0 Å². The number of ether oxygens (including phenoxy) is 4. The van der Waals surface area contributed by atoms with Crippen molar-refractivity contribution >= 4 is 11.9 Å². The molecule has 0 heterocycles. The molecular formula is C22H26O8. The number of carbonyl (C=O) groups excluding carboxylic acids is 2. The fourth-order valence-electron chi connectivity index (χ4n) is 2.97. The molecule has 8 nitrogen and oxygen atoms in total. The normalized spacial score (nSPS) is 14.9. The van der Waals surface area contributed by atoms with Crippen LogP contribution in [0.4, 0.5) is 0 Å². The summed E-state index contributed by atoms with van der Waals surface area (Å²) in [6, 6.07) is 16.5. The number of esters is 2. The zero-order valence-electron chi connectivity index (χ0n) is 16.8. The van der Waals surface area contributed by atoms with E-state index in [1.165, 1.54) is 14.2 Å². The number of hydrogen-bond acceptors (Lipinski definition) is 8. The molecule has 0 saturated heterocycles. The predicted molar refractivity (Wildman–Crippen MR) is 107 cm³/mol. The minimum atomic E-state index is -1.13. The summed E-state index contributed by atoms with van der Waals surface area (Å²) in [5.74, 6) is -1.32. The Morgan fingerprint density at radius 1 is 0.700 bits per heavy atom. The van der Waals surface area contributed by atoms with Gasteiger partial charge in [0.25, 0.3) is 0 Å². The molecule has 0 spiro atoms. The maximum atomic E-state index is 12.4. The molecule has 0 saturated carbocycles. The van der Waals surface area contributed by atoms with Gasteiger partial charge < -0.3 is 29.2 Å². The van der Waals surface area contributed by atoms with Gasteiger partial charge in [-0.25, -0.2) is 9.59 Å². The van der Waals surface area contributed by atoms with Gasteiger partial charge in [-0.3, -0.25) is 0 Å². The third kappa shape index (κ3) is 6.11. The Kier molecular flexibility index (Phi) is 9.43. The average molecular weight is 418 g/mol. The van der Waals surface area contributed by atoms with Gasteiger partial charge in [-0.1, -0.05) is 36.4 Å². The molecule has 0 aliphatic heterocycles. The number of rotatable bonds is 11. The second-order valence-corrected chi connectivity index (χ2v) is 6.39. The molecule has 2 rings (SSSR count). The predicted octanol–water partition coefficient (Wildman–Crippen LogP) is 1.45. The number of carbonyl (C=O) groups is 2. The van der Waals surface area contributed by atoms with Crippen LogP contribution in [0.5, 0.6) is 0 Å². The fraction of sp³-hybridized carbons (Fsp3) is 0.364. The lowest BCUT2D eigenvalue weighted by Gasteiger charge is -2.34. The van der Waals surface area contributed by atoms with Crippen molar-refractivity contribution in [3.8, 4) is 0 Å². The van der Waals surface area contributed by atoms with Gasteiger partial charge in [-0.2, -0.15) is 0 Å². The van der Waals surface area contributed by atoms with E-state index in [4.69, 9.17) is 18.9 Å². The lowest BCUT2D eigenvalue weighted by Crippen LogP contribution is -2.52. The minimum absolute atomic E-state index is 0.300. The summed E-state index contributed by atoms with van der Waals surface area (Å²) >= 11 is 0. The molecule has 0 aliphatic carbocycles. The molecule has 0 aromatic heterocycles. The summed E-state index contributed by atoms with van der Waals surface area (Å²) in [4.78, 5) is 24.8. The van der Waals surface area contributed by atoms with Gasteiger partial charge >= 0.3 is 11.9 Å². The topological polar surface area (TPSA) is 112 Å². The van der Waals surface area contributed by atoms with Crippen molar-refractivity contribution in [3.05, 3.63) is 71.8 Å². The lowest BCUT2D eigenvalue weighted by atomic mass is 10.0. The molecule has 0 fully saturated rings. The van der Waals surface area contributed by atoms with E-state index in [1.54, 1.807) is 60.7 Å². The number of aliphatic hydroxyl groups is 2. The minimum Gasteiger partial charge on any atom is -0.453 e. The van der Waals surface area contributed by atoms with Crippen LogP contribution in [0.3, 0.4) is 0 Å². The van der Waals surface area contributed by atoms with Gasteiger partial charge in [0, 0.05) is 14.2 Å². The van der Waals surface area contributed by atoms with E-state index in [0.29, 0.717) is 11.1 Å². The summed E-state index contributed by atoms with van der Waals surface area (Å²) < 4.78 is 21.6. The van der Waals surface area contributed by atoms with Crippen molar-refractivity contribution in [1.29, 1.82) is 0 Å². The molecule has 2 N–H and O–H groups in total. The Bertz CT molecular complexity index is 713. The first-order chi connectivity index (χ1) is 14.5. The molecule has 0 bridgehead atoms. The molecule has 4 atom stereocenters. The number of aliphatic hydroxyl groups excluding tert-OH is 2. The van der Waals surface area contributed by atoms with Crippen molar-refractivity contribution < 1.29 is 38.7 Å². The first kappa shape index (κ1) is 23.5. The molecule has 162 valence electrons. The highest BCUT2D eigenvalue weighted by Crippen LogP contribution is 2.19. The third-order valence-corrected chi connectivity index (χ3v) is 4.50. The first-order valence-electron chi connectivity index (χ1n) is 9.35. The van der Waals surface area contributed by atoms with Crippen molar-refractivity contribution in [2.24, 2.45) is 0 Å². The van der Waals surface area contributed by atoms with E-state index in [0.717, 1.165) is 0 Å².